The summed E-state index contributed by atoms with van der Waals surface area (Å²) in [5.74, 6) is -0.471. The van der Waals surface area contributed by atoms with Gasteiger partial charge in [-0.3, -0.25) is 9.59 Å². The summed E-state index contributed by atoms with van der Waals surface area (Å²) in [6.07, 6.45) is 69.9. The molecule has 0 heterocycles. The molecule has 0 saturated heterocycles. The third-order valence-electron chi connectivity index (χ3n) is 10.6. The average Bonchev–Trinajstić information content (AvgIpc) is 3.27. The maximum atomic E-state index is 12.8. The summed E-state index contributed by atoms with van der Waals surface area (Å²) < 4.78 is 17.4. The molecule has 0 fully saturated rings. The lowest BCUT2D eigenvalue weighted by Crippen LogP contribution is -2.30. The highest BCUT2D eigenvalue weighted by molar-refractivity contribution is 5.70. The SMILES string of the molecule is CC/C=C\C/C=C\C/C=C\C/C=C\CCCCC(=O)OCC(COCCCCCCCC/C=C\CCCCCCCC)OC(=O)CCCCCCC/C=C\C/C=C\C/C=C\CC. The molecule has 0 aromatic heterocycles. The highest BCUT2D eigenvalue weighted by atomic mass is 16.6. The lowest BCUT2D eigenvalue weighted by Gasteiger charge is -2.18. The maximum absolute atomic E-state index is 12.8. The summed E-state index contributed by atoms with van der Waals surface area (Å²) in [7, 11) is 0. The van der Waals surface area contributed by atoms with Crippen molar-refractivity contribution in [1.82, 2.24) is 0 Å². The van der Waals surface area contributed by atoms with Crippen molar-refractivity contribution in [2.24, 2.45) is 0 Å². The first kappa shape index (κ1) is 58.8. The predicted molar refractivity (Wildman–Crippen MR) is 270 cm³/mol. The van der Waals surface area contributed by atoms with E-state index in [1.165, 1.54) is 89.9 Å². The Hall–Kier alpha value is -3.18. The number of ether oxygens (including phenoxy) is 3. The fraction of sp³-hybridized carbons (Fsp3) is 0.684. The second-order valence-electron chi connectivity index (χ2n) is 16.7. The van der Waals surface area contributed by atoms with Crippen molar-refractivity contribution in [2.45, 2.75) is 232 Å². The third kappa shape index (κ3) is 49.5. The number of hydrogen-bond acceptors (Lipinski definition) is 5. The first-order valence-electron chi connectivity index (χ1n) is 25.8. The molecule has 0 N–H and O–H groups in total. The van der Waals surface area contributed by atoms with E-state index in [1.807, 2.05) is 0 Å². The number of rotatable bonds is 46. The van der Waals surface area contributed by atoms with E-state index in [-0.39, 0.29) is 25.2 Å². The van der Waals surface area contributed by atoms with Crippen molar-refractivity contribution < 1.29 is 23.8 Å². The Morgan fingerprint density at radius 2 is 0.726 bits per heavy atom. The van der Waals surface area contributed by atoms with Gasteiger partial charge in [0, 0.05) is 19.4 Å². The Bertz CT molecular complexity index is 1200. The summed E-state index contributed by atoms with van der Waals surface area (Å²) in [6, 6.07) is 0. The second kappa shape index (κ2) is 52.2. The molecule has 0 radical (unpaired) electrons. The molecular weight excluding hydrogens is 765 g/mol. The Kier molecular flexibility index (Phi) is 49.5. The molecule has 0 amide bonds. The van der Waals surface area contributed by atoms with Gasteiger partial charge in [-0.05, 0) is 116 Å². The van der Waals surface area contributed by atoms with Gasteiger partial charge in [0.15, 0.2) is 6.10 Å². The molecule has 0 spiro atoms. The van der Waals surface area contributed by atoms with Crippen LogP contribution in [0.2, 0.25) is 0 Å². The van der Waals surface area contributed by atoms with Crippen LogP contribution in [0.5, 0.6) is 0 Å². The normalized spacial score (nSPS) is 13.0. The zero-order valence-corrected chi connectivity index (χ0v) is 40.6. The molecule has 0 aromatic carbocycles. The standard InChI is InChI=1S/C57H96O5/c1-4-7-10-13-16-19-22-25-28-31-34-37-40-43-46-49-52-60-53-55(62-57(59)51-48-45-42-39-36-33-30-27-24-21-18-15-12-9-6-3)54-61-56(58)50-47-44-41-38-35-32-29-26-23-20-17-14-11-8-5-2/h8-9,11-12,17-18,20-21,25-30,35,38,55H,4-7,10,13-16,19,22-24,31-34,36-37,39-54H2,1-3H3/b11-8-,12-9-,20-17-,21-18-,28-25-,29-26-,30-27-,38-35-. The molecule has 1 unspecified atom stereocenters. The van der Waals surface area contributed by atoms with Crippen molar-refractivity contribution in [1.29, 1.82) is 0 Å². The molecule has 0 rings (SSSR count). The minimum Gasteiger partial charge on any atom is -0.462 e. The zero-order valence-electron chi connectivity index (χ0n) is 40.6. The van der Waals surface area contributed by atoms with Crippen molar-refractivity contribution in [2.75, 3.05) is 19.8 Å². The molecule has 0 bridgehead atoms. The first-order chi connectivity index (χ1) is 30.6. The smallest absolute Gasteiger partial charge is 0.306 e. The molecule has 0 aliphatic rings. The van der Waals surface area contributed by atoms with E-state index in [0.717, 1.165) is 103 Å². The Morgan fingerprint density at radius 3 is 1.21 bits per heavy atom. The van der Waals surface area contributed by atoms with Crippen LogP contribution in [0.15, 0.2) is 97.2 Å². The molecule has 0 saturated carbocycles. The van der Waals surface area contributed by atoms with Crippen molar-refractivity contribution in [3.05, 3.63) is 97.2 Å². The molecule has 1 atom stereocenters. The quantitative estimate of drug-likeness (QED) is 0.0347. The van der Waals surface area contributed by atoms with Gasteiger partial charge < -0.3 is 14.2 Å². The molecule has 5 heteroatoms. The Morgan fingerprint density at radius 1 is 0.371 bits per heavy atom. The van der Waals surface area contributed by atoms with E-state index in [4.69, 9.17) is 14.2 Å². The van der Waals surface area contributed by atoms with Crippen LogP contribution in [-0.2, 0) is 23.8 Å². The fourth-order valence-electron chi connectivity index (χ4n) is 6.80. The molecule has 5 nitrogen and oxygen atoms in total. The van der Waals surface area contributed by atoms with Crippen LogP contribution < -0.4 is 0 Å². The van der Waals surface area contributed by atoms with Gasteiger partial charge in [-0.1, -0.05) is 195 Å². The monoisotopic (exact) mass is 861 g/mol. The summed E-state index contributed by atoms with van der Waals surface area (Å²) in [6.45, 7) is 7.52. The third-order valence-corrected chi connectivity index (χ3v) is 10.6. The van der Waals surface area contributed by atoms with E-state index in [1.54, 1.807) is 0 Å². The van der Waals surface area contributed by atoms with Gasteiger partial charge in [0.25, 0.3) is 0 Å². The van der Waals surface area contributed by atoms with E-state index < -0.39 is 6.10 Å². The lowest BCUT2D eigenvalue weighted by atomic mass is 10.1. The number of carbonyl (C=O) groups is 2. The molecule has 0 aromatic rings. The number of carbonyl (C=O) groups excluding carboxylic acids is 2. The van der Waals surface area contributed by atoms with Crippen LogP contribution in [0.3, 0.4) is 0 Å². The van der Waals surface area contributed by atoms with E-state index in [2.05, 4.69) is 118 Å². The number of unbranched alkanes of at least 4 members (excludes halogenated alkanes) is 19. The summed E-state index contributed by atoms with van der Waals surface area (Å²) in [5.41, 5.74) is 0. The van der Waals surface area contributed by atoms with Gasteiger partial charge in [-0.25, -0.2) is 0 Å². The minimum absolute atomic E-state index is 0.0497. The van der Waals surface area contributed by atoms with Gasteiger partial charge in [0.1, 0.15) is 6.61 Å². The topological polar surface area (TPSA) is 61.8 Å². The molecule has 0 aliphatic carbocycles. The largest absolute Gasteiger partial charge is 0.462 e. The Labute approximate surface area is 383 Å². The average molecular weight is 861 g/mol. The van der Waals surface area contributed by atoms with Gasteiger partial charge in [-0.2, -0.15) is 0 Å². The number of allylic oxidation sites excluding steroid dienone is 16. The highest BCUT2D eigenvalue weighted by Gasteiger charge is 2.17. The van der Waals surface area contributed by atoms with Crippen molar-refractivity contribution in [3.63, 3.8) is 0 Å². The van der Waals surface area contributed by atoms with E-state index in [9.17, 15) is 9.59 Å². The summed E-state index contributed by atoms with van der Waals surface area (Å²) >= 11 is 0. The van der Waals surface area contributed by atoms with Crippen LogP contribution in [0.25, 0.3) is 0 Å². The molecule has 354 valence electrons. The van der Waals surface area contributed by atoms with Gasteiger partial charge in [0.05, 0.1) is 6.61 Å². The molecular formula is C57H96O5. The maximum Gasteiger partial charge on any atom is 0.306 e. The fourth-order valence-corrected chi connectivity index (χ4v) is 6.80. The first-order valence-corrected chi connectivity index (χ1v) is 25.8. The minimum atomic E-state index is -0.570. The van der Waals surface area contributed by atoms with Gasteiger partial charge in [0.2, 0.25) is 0 Å². The van der Waals surface area contributed by atoms with E-state index >= 15 is 0 Å². The predicted octanol–water partition coefficient (Wildman–Crippen LogP) is 17.5. The van der Waals surface area contributed by atoms with Crippen LogP contribution in [0, 0.1) is 0 Å². The van der Waals surface area contributed by atoms with Crippen LogP contribution in [0.1, 0.15) is 226 Å². The number of esters is 2. The van der Waals surface area contributed by atoms with Crippen LogP contribution in [-0.4, -0.2) is 37.9 Å². The van der Waals surface area contributed by atoms with Crippen molar-refractivity contribution in [3.8, 4) is 0 Å². The second-order valence-corrected chi connectivity index (χ2v) is 16.7. The van der Waals surface area contributed by atoms with Crippen LogP contribution in [0.4, 0.5) is 0 Å². The molecule has 62 heavy (non-hydrogen) atoms. The Balaban J connectivity index is 4.39. The number of hydrogen-bond donors (Lipinski definition) is 0. The van der Waals surface area contributed by atoms with E-state index in [0.29, 0.717) is 19.4 Å². The van der Waals surface area contributed by atoms with Crippen LogP contribution >= 0.6 is 0 Å². The summed E-state index contributed by atoms with van der Waals surface area (Å²) in [5, 5.41) is 0. The summed E-state index contributed by atoms with van der Waals surface area (Å²) in [4.78, 5) is 25.4. The zero-order chi connectivity index (χ0) is 44.9. The van der Waals surface area contributed by atoms with Crippen molar-refractivity contribution >= 4 is 11.9 Å². The lowest BCUT2D eigenvalue weighted by molar-refractivity contribution is -0.163. The molecule has 0 aliphatic heterocycles. The highest BCUT2D eigenvalue weighted by Crippen LogP contribution is 2.13. The van der Waals surface area contributed by atoms with Gasteiger partial charge in [-0.15, -0.1) is 0 Å². The van der Waals surface area contributed by atoms with Gasteiger partial charge >= 0.3 is 11.9 Å².